The molecule has 4 heteroatoms. The summed E-state index contributed by atoms with van der Waals surface area (Å²) in [5, 5.41) is 0. The minimum Gasteiger partial charge on any atom is -0.147 e. The standard InChI is InChI=1S/C26H23O.2ClH.Ti/c1-19-17-21(18-20(19)2)24-15-9-10-16-25(24)26(27,22-11-5-3-6-12-22)23-13-7-4-8-14-23;;;/h3-18,21H,1-2H3;2*1H;/q-1;;;+1. The van der Waals surface area contributed by atoms with Crippen LogP contribution in [0.1, 0.15) is 42.0 Å². The topological polar surface area (TPSA) is 9.23 Å². The first-order chi connectivity index (χ1) is 13.7. The maximum Gasteiger partial charge on any atom is -0.147 e. The van der Waals surface area contributed by atoms with Crippen molar-refractivity contribution < 1.29 is 24.1 Å². The summed E-state index contributed by atoms with van der Waals surface area (Å²) in [7, 11) is 0. The van der Waals surface area contributed by atoms with Crippen LogP contribution in [-0.2, 0) is 29.7 Å². The van der Waals surface area contributed by atoms with Crippen molar-refractivity contribution >= 4 is 24.8 Å². The molecule has 1 aliphatic carbocycles. The summed E-state index contributed by atoms with van der Waals surface area (Å²) in [5.74, 6) is 0.262. The molecule has 1 aliphatic rings. The van der Waals surface area contributed by atoms with Crippen LogP contribution in [0.3, 0.4) is 0 Å². The Hall–Kier alpha value is -1.61. The molecule has 0 spiro atoms. The molecule has 0 amide bonds. The second-order valence-electron chi connectivity index (χ2n) is 7.33. The molecule has 3 aromatic rings. The van der Waals surface area contributed by atoms with Gasteiger partial charge in [0.25, 0.3) is 0 Å². The predicted octanol–water partition coefficient (Wildman–Crippen LogP) is 7.29. The van der Waals surface area contributed by atoms with Crippen LogP contribution in [0, 0.1) is 0 Å². The Morgan fingerprint density at radius 3 is 1.57 bits per heavy atom. The molecule has 0 saturated heterocycles. The summed E-state index contributed by atoms with van der Waals surface area (Å²) >= 11 is 1.81. The van der Waals surface area contributed by atoms with Gasteiger partial charge in [0.2, 0.25) is 0 Å². The Morgan fingerprint density at radius 2 is 1.10 bits per heavy atom. The summed E-state index contributed by atoms with van der Waals surface area (Å²) in [4.78, 5) is 0. The van der Waals surface area contributed by atoms with Gasteiger partial charge < -0.3 is 0 Å². The number of halogens is 2. The smallest absolute Gasteiger partial charge is 0.147 e. The summed E-state index contributed by atoms with van der Waals surface area (Å²) in [5.41, 5.74) is 6.78. The fourth-order valence-electron chi connectivity index (χ4n) is 4.13. The van der Waals surface area contributed by atoms with Gasteiger partial charge in [-0.2, -0.15) is 0 Å². The summed E-state index contributed by atoms with van der Waals surface area (Å²) in [6.45, 7) is 4.37. The molecule has 0 N–H and O–H groups in total. The van der Waals surface area contributed by atoms with E-state index in [-0.39, 0.29) is 30.7 Å². The average molecular weight is 472 g/mol. The van der Waals surface area contributed by atoms with Gasteiger partial charge in [0.1, 0.15) is 0 Å². The number of hydrogen-bond donors (Lipinski definition) is 0. The van der Waals surface area contributed by atoms with Crippen LogP contribution in [0.25, 0.3) is 0 Å². The van der Waals surface area contributed by atoms with E-state index < -0.39 is 5.60 Å². The van der Waals surface area contributed by atoms with Crippen LogP contribution in [0.2, 0.25) is 0 Å². The van der Waals surface area contributed by atoms with Crippen molar-refractivity contribution in [3.8, 4) is 0 Å². The van der Waals surface area contributed by atoms with Crippen molar-refractivity contribution in [1.29, 1.82) is 0 Å². The van der Waals surface area contributed by atoms with Crippen LogP contribution >= 0.6 is 24.8 Å². The van der Waals surface area contributed by atoms with E-state index >= 15 is 0 Å². The molecule has 0 atom stereocenters. The van der Waals surface area contributed by atoms with E-state index in [0.717, 1.165) is 11.1 Å². The van der Waals surface area contributed by atoms with Gasteiger partial charge in [0, 0.05) is 0 Å². The zero-order valence-corrected chi connectivity index (χ0v) is 20.2. The summed E-state index contributed by atoms with van der Waals surface area (Å²) in [6.07, 6.45) is 4.70. The Morgan fingerprint density at radius 1 is 0.667 bits per heavy atom. The third-order valence-electron chi connectivity index (χ3n) is 5.69. The van der Waals surface area contributed by atoms with Crippen molar-refractivity contribution in [2.24, 2.45) is 0 Å². The number of rotatable bonds is 5. The van der Waals surface area contributed by atoms with Gasteiger partial charge in [-0.1, -0.05) is 0 Å². The Bertz CT molecular complexity index is 972. The molecule has 3 aromatic carbocycles. The summed E-state index contributed by atoms with van der Waals surface area (Å²) in [6, 6.07) is 29.7. The monoisotopic (exact) mass is 471 g/mol. The predicted molar refractivity (Wildman–Crippen MR) is 125 cm³/mol. The molecule has 0 bridgehead atoms. The molecule has 0 aromatic heterocycles. The second-order valence-corrected chi connectivity index (χ2v) is 7.65. The van der Waals surface area contributed by atoms with Gasteiger partial charge in [-0.3, -0.25) is 0 Å². The molecule has 0 saturated carbocycles. The first kappa shape index (κ1) is 24.7. The molecule has 0 fully saturated rings. The number of hydrogen-bond acceptors (Lipinski definition) is 1. The first-order valence-corrected chi connectivity index (χ1v) is 10.2. The van der Waals surface area contributed by atoms with Crippen LogP contribution in [-0.4, -0.2) is 0 Å². The normalized spacial score (nSPS) is 13.6. The Labute approximate surface area is 204 Å². The molecule has 0 aliphatic heterocycles. The van der Waals surface area contributed by atoms with Gasteiger partial charge >= 0.3 is 180 Å². The van der Waals surface area contributed by atoms with E-state index in [1.807, 2.05) is 20.8 Å². The second kappa shape index (κ2) is 10.6. The third kappa shape index (κ3) is 4.37. The average Bonchev–Trinajstić information content (AvgIpc) is 3.09. The van der Waals surface area contributed by atoms with E-state index in [4.69, 9.17) is 3.32 Å². The fourth-order valence-corrected chi connectivity index (χ4v) is 4.67. The molecule has 30 heavy (non-hydrogen) atoms. The molecule has 0 heterocycles. The quantitative estimate of drug-likeness (QED) is 0.280. The minimum atomic E-state index is -0.662. The molecule has 153 valence electrons. The minimum absolute atomic E-state index is 0. The maximum atomic E-state index is 6.41. The van der Waals surface area contributed by atoms with Gasteiger partial charge in [0.05, 0.1) is 0 Å². The Kier molecular flexibility index (Phi) is 8.73. The molecular formula is C26H25Cl2OTi. The molecule has 1 nitrogen and oxygen atoms in total. The zero-order valence-electron chi connectivity index (χ0n) is 17.0. The van der Waals surface area contributed by atoms with Crippen molar-refractivity contribution in [1.82, 2.24) is 0 Å². The number of benzene rings is 3. The van der Waals surface area contributed by atoms with Gasteiger partial charge in [-0.15, -0.1) is 24.8 Å². The molecule has 4 rings (SSSR count). The summed E-state index contributed by atoms with van der Waals surface area (Å²) < 4.78 is 6.41. The van der Waals surface area contributed by atoms with Crippen molar-refractivity contribution in [3.63, 3.8) is 0 Å². The van der Waals surface area contributed by atoms with Crippen LogP contribution in [0.5, 0.6) is 0 Å². The van der Waals surface area contributed by atoms with E-state index in [0.29, 0.717) is 0 Å². The molecule has 0 radical (unpaired) electrons. The van der Waals surface area contributed by atoms with Gasteiger partial charge in [-0.05, 0) is 0 Å². The van der Waals surface area contributed by atoms with E-state index in [9.17, 15) is 0 Å². The van der Waals surface area contributed by atoms with Crippen molar-refractivity contribution in [2.75, 3.05) is 0 Å². The fraction of sp³-hybridized carbons (Fsp3) is 0.154. The SMILES string of the molecule is CC1=CC(c2ccccc2C([O][Ti])(c2ccccc2)c2ccccc2)C=C1C.Cl.Cl. The van der Waals surface area contributed by atoms with Gasteiger partial charge in [0.15, 0.2) is 0 Å². The van der Waals surface area contributed by atoms with Crippen LogP contribution in [0.15, 0.2) is 108 Å². The van der Waals surface area contributed by atoms with E-state index in [2.05, 4.69) is 111 Å². The van der Waals surface area contributed by atoms with Gasteiger partial charge in [-0.25, -0.2) is 0 Å². The molecule has 0 unspecified atom stereocenters. The van der Waals surface area contributed by atoms with Crippen molar-refractivity contribution in [3.05, 3.63) is 130 Å². The Balaban J connectivity index is 0.00000160. The third-order valence-corrected chi connectivity index (χ3v) is 6.17. The van der Waals surface area contributed by atoms with E-state index in [1.54, 1.807) is 0 Å². The van der Waals surface area contributed by atoms with Crippen molar-refractivity contribution in [2.45, 2.75) is 25.4 Å². The van der Waals surface area contributed by atoms with E-state index in [1.165, 1.54) is 22.3 Å². The molecular weight excluding hydrogens is 447 g/mol. The van der Waals surface area contributed by atoms with Crippen LogP contribution < -0.4 is 0 Å². The zero-order chi connectivity index (χ0) is 19.6. The first-order valence-electron chi connectivity index (χ1n) is 9.59. The van der Waals surface area contributed by atoms with Crippen LogP contribution in [0.4, 0.5) is 0 Å². The largest absolute Gasteiger partial charge is 0.147 e. The maximum absolute atomic E-state index is 6.41. The number of allylic oxidation sites excluding steroid dienone is 4.